The molecular formula is C10H14O7. The van der Waals surface area contributed by atoms with E-state index in [2.05, 4.69) is 0 Å². The predicted molar refractivity (Wildman–Crippen MR) is 53.4 cm³/mol. The van der Waals surface area contributed by atoms with Crippen LogP contribution in [-0.4, -0.2) is 45.9 Å². The zero-order valence-electron chi connectivity index (χ0n) is 9.20. The van der Waals surface area contributed by atoms with Crippen LogP contribution in [0.1, 0.15) is 13.3 Å². The lowest BCUT2D eigenvalue weighted by Gasteiger charge is -2.36. The van der Waals surface area contributed by atoms with Crippen molar-refractivity contribution in [2.45, 2.75) is 19.4 Å². The molecule has 96 valence electrons. The Morgan fingerprint density at radius 3 is 2.06 bits per heavy atom. The van der Waals surface area contributed by atoms with Gasteiger partial charge in [0, 0.05) is 0 Å². The Morgan fingerprint density at radius 1 is 1.12 bits per heavy atom. The van der Waals surface area contributed by atoms with E-state index in [0.717, 1.165) is 0 Å². The van der Waals surface area contributed by atoms with E-state index >= 15 is 0 Å². The second kappa shape index (κ2) is 5.13. The Bertz CT molecular complexity index is 338. The minimum Gasteiger partial charge on any atom is -0.481 e. The summed E-state index contributed by atoms with van der Waals surface area (Å²) in [5, 5.41) is 26.8. The monoisotopic (exact) mass is 246 g/mol. The largest absolute Gasteiger partial charge is 0.481 e. The lowest BCUT2D eigenvalue weighted by Crippen LogP contribution is -2.51. The van der Waals surface area contributed by atoms with Crippen LogP contribution in [0.25, 0.3) is 0 Å². The third-order valence-electron chi connectivity index (χ3n) is 3.08. The van der Waals surface area contributed by atoms with E-state index in [1.807, 2.05) is 0 Å². The van der Waals surface area contributed by atoms with Crippen molar-refractivity contribution in [3.05, 3.63) is 0 Å². The number of carboxylic acids is 3. The van der Waals surface area contributed by atoms with E-state index in [-0.39, 0.29) is 13.0 Å². The maximum atomic E-state index is 11.1. The number of carbonyl (C=O) groups is 3. The highest BCUT2D eigenvalue weighted by Crippen LogP contribution is 2.34. The van der Waals surface area contributed by atoms with Gasteiger partial charge in [-0.1, -0.05) is 13.3 Å². The lowest BCUT2D eigenvalue weighted by atomic mass is 9.75. The summed E-state index contributed by atoms with van der Waals surface area (Å²) in [5.41, 5.74) is 0. The molecule has 7 heteroatoms. The molecule has 1 saturated heterocycles. The van der Waals surface area contributed by atoms with Gasteiger partial charge in [-0.05, 0) is 5.92 Å². The first-order valence-electron chi connectivity index (χ1n) is 5.20. The van der Waals surface area contributed by atoms with Crippen molar-refractivity contribution in [1.82, 2.24) is 0 Å². The average molecular weight is 246 g/mol. The second-order valence-electron chi connectivity index (χ2n) is 3.97. The summed E-state index contributed by atoms with van der Waals surface area (Å²) in [6, 6.07) is 0. The number of hydrogen-bond acceptors (Lipinski definition) is 4. The van der Waals surface area contributed by atoms with Crippen LogP contribution in [0.2, 0.25) is 0 Å². The van der Waals surface area contributed by atoms with E-state index in [1.165, 1.54) is 0 Å². The van der Waals surface area contributed by atoms with Crippen LogP contribution in [0.4, 0.5) is 0 Å². The Labute approximate surface area is 97.0 Å². The van der Waals surface area contributed by atoms with Crippen LogP contribution in [0.3, 0.4) is 0 Å². The van der Waals surface area contributed by atoms with Gasteiger partial charge in [0.2, 0.25) is 0 Å². The van der Waals surface area contributed by atoms with Gasteiger partial charge in [0.1, 0.15) is 0 Å². The summed E-state index contributed by atoms with van der Waals surface area (Å²) in [7, 11) is 0. The summed E-state index contributed by atoms with van der Waals surface area (Å²) in [5.74, 6) is -6.91. The first-order valence-corrected chi connectivity index (χ1v) is 5.20. The van der Waals surface area contributed by atoms with E-state index < -0.39 is 41.8 Å². The van der Waals surface area contributed by atoms with Crippen LogP contribution in [0.5, 0.6) is 0 Å². The summed E-state index contributed by atoms with van der Waals surface area (Å²) in [6.45, 7) is 1.37. The van der Waals surface area contributed by atoms with Crippen molar-refractivity contribution in [3.8, 4) is 0 Å². The normalized spacial score (nSPS) is 33.0. The molecule has 7 nitrogen and oxygen atoms in total. The van der Waals surface area contributed by atoms with Gasteiger partial charge >= 0.3 is 17.9 Å². The van der Waals surface area contributed by atoms with Gasteiger partial charge in [0.05, 0.1) is 18.4 Å². The molecule has 0 amide bonds. The number of hydrogen-bond donors (Lipinski definition) is 3. The highest BCUT2D eigenvalue weighted by Gasteiger charge is 2.49. The van der Waals surface area contributed by atoms with Gasteiger partial charge < -0.3 is 20.1 Å². The Hall–Kier alpha value is -1.63. The van der Waals surface area contributed by atoms with E-state index in [9.17, 15) is 14.4 Å². The van der Waals surface area contributed by atoms with Gasteiger partial charge in [-0.15, -0.1) is 0 Å². The molecule has 0 radical (unpaired) electrons. The zero-order chi connectivity index (χ0) is 13.2. The quantitative estimate of drug-likeness (QED) is 0.633. The molecule has 1 rings (SSSR count). The van der Waals surface area contributed by atoms with Crippen LogP contribution >= 0.6 is 0 Å². The fourth-order valence-electron chi connectivity index (χ4n) is 2.24. The number of carboxylic acid groups (broad SMARTS) is 3. The number of rotatable bonds is 4. The van der Waals surface area contributed by atoms with Crippen molar-refractivity contribution in [2.75, 3.05) is 6.61 Å². The Morgan fingerprint density at radius 2 is 1.71 bits per heavy atom. The van der Waals surface area contributed by atoms with Gasteiger partial charge in [-0.25, -0.2) is 4.79 Å². The SMILES string of the molecule is CCC1C(C(=O)O)COC(C(=O)O)C1C(=O)O. The molecule has 0 aromatic heterocycles. The maximum absolute atomic E-state index is 11.1. The molecular weight excluding hydrogens is 232 g/mol. The molecule has 3 N–H and O–H groups in total. The molecule has 1 aliphatic heterocycles. The molecule has 17 heavy (non-hydrogen) atoms. The number of aliphatic carboxylic acids is 3. The Balaban J connectivity index is 3.04. The fourth-order valence-corrected chi connectivity index (χ4v) is 2.24. The van der Waals surface area contributed by atoms with Gasteiger partial charge in [0.25, 0.3) is 0 Å². The predicted octanol–water partition coefficient (Wildman–Crippen LogP) is -0.102. The highest BCUT2D eigenvalue weighted by atomic mass is 16.5. The molecule has 0 spiro atoms. The minimum atomic E-state index is -1.48. The molecule has 0 saturated carbocycles. The molecule has 0 aromatic rings. The summed E-state index contributed by atoms with van der Waals surface area (Å²) >= 11 is 0. The highest BCUT2D eigenvalue weighted by molar-refractivity contribution is 5.83. The van der Waals surface area contributed by atoms with Crippen molar-refractivity contribution in [2.24, 2.45) is 17.8 Å². The van der Waals surface area contributed by atoms with Crippen molar-refractivity contribution in [1.29, 1.82) is 0 Å². The van der Waals surface area contributed by atoms with Crippen molar-refractivity contribution >= 4 is 17.9 Å². The van der Waals surface area contributed by atoms with Crippen LogP contribution in [-0.2, 0) is 19.1 Å². The standard InChI is InChI=1S/C10H14O7/c1-2-4-5(8(11)12)3-17-7(10(15)16)6(4)9(13)14/h4-7H,2-3H2,1H3,(H,11,12)(H,13,14)(H,15,16). The van der Waals surface area contributed by atoms with Crippen LogP contribution < -0.4 is 0 Å². The molecule has 1 heterocycles. The molecule has 4 unspecified atom stereocenters. The topological polar surface area (TPSA) is 121 Å². The van der Waals surface area contributed by atoms with Crippen molar-refractivity contribution in [3.63, 3.8) is 0 Å². The first-order chi connectivity index (χ1) is 7.90. The molecule has 0 aliphatic carbocycles. The first kappa shape index (κ1) is 13.4. The van der Waals surface area contributed by atoms with E-state index in [4.69, 9.17) is 20.1 Å². The summed E-state index contributed by atoms with van der Waals surface area (Å²) in [4.78, 5) is 32.9. The maximum Gasteiger partial charge on any atom is 0.333 e. The molecule has 1 aliphatic rings. The third-order valence-corrected chi connectivity index (χ3v) is 3.08. The lowest BCUT2D eigenvalue weighted by molar-refractivity contribution is -0.185. The van der Waals surface area contributed by atoms with Crippen LogP contribution in [0, 0.1) is 17.8 Å². The van der Waals surface area contributed by atoms with Gasteiger partial charge in [-0.2, -0.15) is 0 Å². The molecule has 0 bridgehead atoms. The number of ether oxygens (including phenoxy) is 1. The van der Waals surface area contributed by atoms with Gasteiger partial charge in [-0.3, -0.25) is 9.59 Å². The Kier molecular flexibility index (Phi) is 4.06. The van der Waals surface area contributed by atoms with Crippen molar-refractivity contribution < 1.29 is 34.4 Å². The van der Waals surface area contributed by atoms with E-state index in [1.54, 1.807) is 6.92 Å². The summed E-state index contributed by atoms with van der Waals surface area (Å²) < 4.78 is 4.86. The summed E-state index contributed by atoms with van der Waals surface area (Å²) in [6.07, 6.45) is -1.20. The molecule has 1 fully saturated rings. The zero-order valence-corrected chi connectivity index (χ0v) is 9.20. The smallest absolute Gasteiger partial charge is 0.333 e. The fraction of sp³-hybridized carbons (Fsp3) is 0.700. The second-order valence-corrected chi connectivity index (χ2v) is 3.97. The third kappa shape index (κ3) is 2.55. The molecule has 0 aromatic carbocycles. The molecule has 4 atom stereocenters. The van der Waals surface area contributed by atoms with Crippen LogP contribution in [0.15, 0.2) is 0 Å². The van der Waals surface area contributed by atoms with E-state index in [0.29, 0.717) is 0 Å². The van der Waals surface area contributed by atoms with Gasteiger partial charge in [0.15, 0.2) is 6.10 Å². The average Bonchev–Trinajstić information content (AvgIpc) is 2.26. The minimum absolute atomic E-state index is 0.269.